The first-order chi connectivity index (χ1) is 12.2. The predicted octanol–water partition coefficient (Wildman–Crippen LogP) is 3.88. The van der Waals surface area contributed by atoms with Crippen LogP contribution in [0.3, 0.4) is 0 Å². The van der Waals surface area contributed by atoms with E-state index in [1.165, 1.54) is 0 Å². The van der Waals surface area contributed by atoms with Crippen molar-refractivity contribution >= 4 is 11.6 Å². The van der Waals surface area contributed by atoms with Crippen molar-refractivity contribution in [2.75, 3.05) is 19.8 Å². The smallest absolute Gasteiger partial charge is 0.195 e. The van der Waals surface area contributed by atoms with E-state index in [0.29, 0.717) is 30.8 Å². The minimum atomic E-state index is -0.139. The summed E-state index contributed by atoms with van der Waals surface area (Å²) < 4.78 is 10.8. The second-order valence-corrected chi connectivity index (χ2v) is 5.78. The van der Waals surface area contributed by atoms with Crippen molar-refractivity contribution in [1.82, 2.24) is 0 Å². The molecule has 2 rings (SSSR count). The molecule has 2 aromatic carbocycles. The van der Waals surface area contributed by atoms with E-state index in [9.17, 15) is 9.59 Å². The molecule has 0 aliphatic rings. The van der Waals surface area contributed by atoms with Crippen LogP contribution < -0.4 is 4.74 Å². The Morgan fingerprint density at radius 1 is 0.920 bits per heavy atom. The first kappa shape index (κ1) is 18.9. The molecule has 0 atom stereocenters. The van der Waals surface area contributed by atoms with E-state index in [2.05, 4.69) is 0 Å². The van der Waals surface area contributed by atoms with Crippen LogP contribution in [0.5, 0.6) is 5.75 Å². The molecule has 0 bridgehead atoms. The van der Waals surface area contributed by atoms with Gasteiger partial charge in [-0.05, 0) is 30.5 Å². The van der Waals surface area contributed by atoms with Crippen molar-refractivity contribution in [2.24, 2.45) is 0 Å². The second kappa shape index (κ2) is 10.4. The molecule has 0 aliphatic carbocycles. The normalized spacial score (nSPS) is 10.4. The highest BCUT2D eigenvalue weighted by atomic mass is 16.5. The standard InChI is InChI=1S/C21H24O4/c1-2-14-24-15-18(22)16-25-21-11-7-6-10-19(21)20(23)13-12-17-8-4-3-5-9-17/h3-11H,2,12-16H2,1H3. The average molecular weight is 340 g/mol. The molecule has 0 aromatic heterocycles. The van der Waals surface area contributed by atoms with Crippen molar-refractivity contribution in [2.45, 2.75) is 26.2 Å². The van der Waals surface area contributed by atoms with Gasteiger partial charge >= 0.3 is 0 Å². The Kier molecular flexibility index (Phi) is 7.86. The molecule has 0 fully saturated rings. The highest BCUT2D eigenvalue weighted by Gasteiger charge is 2.13. The molecule has 0 N–H and O–H groups in total. The lowest BCUT2D eigenvalue weighted by molar-refractivity contribution is -0.125. The third-order valence-corrected chi connectivity index (χ3v) is 3.67. The number of ketones is 2. The first-order valence-corrected chi connectivity index (χ1v) is 8.59. The molecule has 0 spiro atoms. The topological polar surface area (TPSA) is 52.6 Å². The first-order valence-electron chi connectivity index (χ1n) is 8.59. The van der Waals surface area contributed by atoms with Crippen molar-refractivity contribution in [3.63, 3.8) is 0 Å². The summed E-state index contributed by atoms with van der Waals surface area (Å²) >= 11 is 0. The number of hydrogen-bond donors (Lipinski definition) is 0. The number of benzene rings is 2. The maximum atomic E-state index is 12.5. The average Bonchev–Trinajstić information content (AvgIpc) is 2.66. The van der Waals surface area contributed by atoms with Crippen LogP contribution in [-0.4, -0.2) is 31.4 Å². The number of Topliss-reactive ketones (excluding diaryl/α,β-unsaturated/α-hetero) is 2. The van der Waals surface area contributed by atoms with E-state index in [0.717, 1.165) is 12.0 Å². The van der Waals surface area contributed by atoms with Gasteiger partial charge in [0.2, 0.25) is 0 Å². The number of hydrogen-bond acceptors (Lipinski definition) is 4. The molecule has 0 saturated carbocycles. The predicted molar refractivity (Wildman–Crippen MR) is 97.1 cm³/mol. The van der Waals surface area contributed by atoms with Crippen LogP contribution in [0, 0.1) is 0 Å². The zero-order valence-electron chi connectivity index (χ0n) is 14.6. The molecule has 0 saturated heterocycles. The quantitative estimate of drug-likeness (QED) is 0.460. The SMILES string of the molecule is CCCOCC(=O)COc1ccccc1C(=O)CCc1ccccc1. The highest BCUT2D eigenvalue weighted by molar-refractivity contribution is 5.98. The van der Waals surface area contributed by atoms with Crippen molar-refractivity contribution in [1.29, 1.82) is 0 Å². The number of ether oxygens (including phenoxy) is 2. The molecule has 0 radical (unpaired) electrons. The Bertz CT molecular complexity index is 679. The lowest BCUT2D eigenvalue weighted by atomic mass is 10.0. The van der Waals surface area contributed by atoms with Gasteiger partial charge in [-0.25, -0.2) is 0 Å². The molecular weight excluding hydrogens is 316 g/mol. The second-order valence-electron chi connectivity index (χ2n) is 5.78. The largest absolute Gasteiger partial charge is 0.485 e. The van der Waals surface area contributed by atoms with Gasteiger partial charge in [0.15, 0.2) is 11.6 Å². The van der Waals surface area contributed by atoms with Gasteiger partial charge in [0, 0.05) is 13.0 Å². The van der Waals surface area contributed by atoms with E-state index in [1.807, 2.05) is 37.3 Å². The number of rotatable bonds is 11. The van der Waals surface area contributed by atoms with Crippen molar-refractivity contribution < 1.29 is 19.1 Å². The molecule has 132 valence electrons. The van der Waals surface area contributed by atoms with Gasteiger partial charge in [-0.15, -0.1) is 0 Å². The minimum absolute atomic E-state index is 0.00846. The molecule has 4 heteroatoms. The Hall–Kier alpha value is -2.46. The van der Waals surface area contributed by atoms with E-state index >= 15 is 0 Å². The van der Waals surface area contributed by atoms with Crippen LogP contribution >= 0.6 is 0 Å². The highest BCUT2D eigenvalue weighted by Crippen LogP contribution is 2.20. The van der Waals surface area contributed by atoms with Gasteiger partial charge in [0.05, 0.1) is 5.56 Å². The van der Waals surface area contributed by atoms with E-state index in [1.54, 1.807) is 24.3 Å². The Morgan fingerprint density at radius 2 is 1.64 bits per heavy atom. The Morgan fingerprint density at radius 3 is 2.40 bits per heavy atom. The maximum absolute atomic E-state index is 12.5. The van der Waals surface area contributed by atoms with Crippen LogP contribution in [0.15, 0.2) is 54.6 Å². The Balaban J connectivity index is 1.90. The summed E-state index contributed by atoms with van der Waals surface area (Å²) in [5, 5.41) is 0. The molecule has 0 heterocycles. The summed E-state index contributed by atoms with van der Waals surface area (Å²) in [5.41, 5.74) is 1.64. The molecule has 2 aromatic rings. The summed E-state index contributed by atoms with van der Waals surface area (Å²) in [6.45, 7) is 2.49. The van der Waals surface area contributed by atoms with Crippen molar-refractivity contribution in [3.8, 4) is 5.75 Å². The van der Waals surface area contributed by atoms with E-state index < -0.39 is 0 Å². The molecule has 25 heavy (non-hydrogen) atoms. The lowest BCUT2D eigenvalue weighted by Gasteiger charge is -2.10. The van der Waals surface area contributed by atoms with Crippen LogP contribution in [0.4, 0.5) is 0 Å². The lowest BCUT2D eigenvalue weighted by Crippen LogP contribution is -2.18. The number of carbonyl (C=O) groups excluding carboxylic acids is 2. The van der Waals surface area contributed by atoms with Gasteiger partial charge in [0.1, 0.15) is 19.0 Å². The summed E-state index contributed by atoms with van der Waals surface area (Å²) in [5.74, 6) is 0.318. The van der Waals surface area contributed by atoms with Crippen LogP contribution in [-0.2, 0) is 16.0 Å². The number of para-hydroxylation sites is 1. The molecule has 0 unspecified atom stereocenters. The van der Waals surface area contributed by atoms with Crippen LogP contribution in [0.1, 0.15) is 35.7 Å². The minimum Gasteiger partial charge on any atom is -0.485 e. The summed E-state index contributed by atoms with van der Waals surface area (Å²) in [7, 11) is 0. The fraction of sp³-hybridized carbons (Fsp3) is 0.333. The van der Waals surface area contributed by atoms with Gasteiger partial charge in [0.25, 0.3) is 0 Å². The monoisotopic (exact) mass is 340 g/mol. The maximum Gasteiger partial charge on any atom is 0.195 e. The zero-order chi connectivity index (χ0) is 17.9. The third-order valence-electron chi connectivity index (χ3n) is 3.67. The fourth-order valence-corrected chi connectivity index (χ4v) is 2.39. The number of aryl methyl sites for hydroxylation is 1. The fourth-order valence-electron chi connectivity index (χ4n) is 2.39. The van der Waals surface area contributed by atoms with E-state index in [-0.39, 0.29) is 24.8 Å². The van der Waals surface area contributed by atoms with Crippen molar-refractivity contribution in [3.05, 3.63) is 65.7 Å². The van der Waals surface area contributed by atoms with Crippen LogP contribution in [0.25, 0.3) is 0 Å². The summed E-state index contributed by atoms with van der Waals surface area (Å²) in [6.07, 6.45) is 1.95. The number of carbonyl (C=O) groups is 2. The molecular formula is C21H24O4. The van der Waals surface area contributed by atoms with Crippen LogP contribution in [0.2, 0.25) is 0 Å². The van der Waals surface area contributed by atoms with Gasteiger partial charge in [-0.3, -0.25) is 9.59 Å². The zero-order valence-corrected chi connectivity index (χ0v) is 14.6. The van der Waals surface area contributed by atoms with Gasteiger partial charge in [-0.1, -0.05) is 49.4 Å². The Labute approximate surface area is 148 Å². The van der Waals surface area contributed by atoms with Gasteiger partial charge < -0.3 is 9.47 Å². The van der Waals surface area contributed by atoms with Gasteiger partial charge in [-0.2, -0.15) is 0 Å². The summed E-state index contributed by atoms with van der Waals surface area (Å²) in [6, 6.07) is 16.9. The summed E-state index contributed by atoms with van der Waals surface area (Å²) in [4.78, 5) is 24.3. The molecule has 4 nitrogen and oxygen atoms in total. The third kappa shape index (κ3) is 6.51. The molecule has 0 aliphatic heterocycles. The van der Waals surface area contributed by atoms with E-state index in [4.69, 9.17) is 9.47 Å². The molecule has 0 amide bonds.